The smallest absolute Gasteiger partial charge is 0.307 e. The standard InChI is InChI=1S/C21H39N3O3/c1-15(27-24-18(23)14-22)21(13-19(25)26-20(2,3)4)12-17(21)11-10-16-8-6-5-7-9-16/h15-17H,5-14,22H2,1-4H3,(H2,23,24). The van der Waals surface area contributed by atoms with Gasteiger partial charge in [0, 0.05) is 5.41 Å². The lowest BCUT2D eigenvalue weighted by molar-refractivity contribution is -0.158. The first-order valence-electron chi connectivity index (χ1n) is 10.6. The molecule has 3 atom stereocenters. The Balaban J connectivity index is 1.97. The predicted molar refractivity (Wildman–Crippen MR) is 108 cm³/mol. The van der Waals surface area contributed by atoms with Gasteiger partial charge in [-0.1, -0.05) is 43.7 Å². The highest BCUT2D eigenvalue weighted by atomic mass is 16.6. The maximum Gasteiger partial charge on any atom is 0.307 e. The lowest BCUT2D eigenvalue weighted by Crippen LogP contribution is -2.32. The molecule has 0 aromatic carbocycles. The summed E-state index contributed by atoms with van der Waals surface area (Å²) in [6, 6.07) is 0. The van der Waals surface area contributed by atoms with Gasteiger partial charge in [-0.15, -0.1) is 0 Å². The molecule has 2 rings (SSSR count). The van der Waals surface area contributed by atoms with E-state index in [1.165, 1.54) is 38.5 Å². The molecule has 6 heteroatoms. The molecule has 6 nitrogen and oxygen atoms in total. The van der Waals surface area contributed by atoms with Crippen molar-refractivity contribution in [3.8, 4) is 0 Å². The van der Waals surface area contributed by atoms with Gasteiger partial charge in [-0.2, -0.15) is 0 Å². The number of oxime groups is 1. The van der Waals surface area contributed by atoms with Crippen LogP contribution in [0.4, 0.5) is 0 Å². The highest BCUT2D eigenvalue weighted by Gasteiger charge is 2.60. The van der Waals surface area contributed by atoms with Gasteiger partial charge in [0.25, 0.3) is 0 Å². The van der Waals surface area contributed by atoms with Crippen LogP contribution in [0.5, 0.6) is 0 Å². The quantitative estimate of drug-likeness (QED) is 0.274. The molecule has 3 unspecified atom stereocenters. The Labute approximate surface area is 164 Å². The number of nitrogens with two attached hydrogens (primary N) is 2. The largest absolute Gasteiger partial charge is 0.460 e. The van der Waals surface area contributed by atoms with Crippen molar-refractivity contribution in [1.29, 1.82) is 0 Å². The summed E-state index contributed by atoms with van der Waals surface area (Å²) in [5.74, 6) is 1.44. The first-order chi connectivity index (χ1) is 12.7. The van der Waals surface area contributed by atoms with Crippen LogP contribution in [0.2, 0.25) is 0 Å². The van der Waals surface area contributed by atoms with Crippen LogP contribution in [0.25, 0.3) is 0 Å². The molecular formula is C21H39N3O3. The Morgan fingerprint density at radius 2 is 1.89 bits per heavy atom. The summed E-state index contributed by atoms with van der Waals surface area (Å²) >= 11 is 0. The number of carbonyl (C=O) groups excluding carboxylic acids is 1. The zero-order valence-electron chi connectivity index (χ0n) is 17.6. The van der Waals surface area contributed by atoms with Gasteiger partial charge in [-0.3, -0.25) is 4.79 Å². The summed E-state index contributed by atoms with van der Waals surface area (Å²) in [6.07, 6.45) is 10.4. The van der Waals surface area contributed by atoms with E-state index in [4.69, 9.17) is 21.0 Å². The number of ether oxygens (including phenoxy) is 1. The summed E-state index contributed by atoms with van der Waals surface area (Å²) < 4.78 is 5.58. The predicted octanol–water partition coefficient (Wildman–Crippen LogP) is 3.72. The third-order valence-electron chi connectivity index (χ3n) is 6.17. The fourth-order valence-electron chi connectivity index (χ4n) is 4.50. The van der Waals surface area contributed by atoms with E-state index < -0.39 is 5.60 Å². The Morgan fingerprint density at radius 3 is 2.48 bits per heavy atom. The minimum absolute atomic E-state index is 0.158. The van der Waals surface area contributed by atoms with Gasteiger partial charge in [-0.05, 0) is 52.4 Å². The van der Waals surface area contributed by atoms with Crippen LogP contribution in [0, 0.1) is 17.3 Å². The van der Waals surface area contributed by atoms with Gasteiger partial charge in [0.15, 0.2) is 5.84 Å². The SMILES string of the molecule is CC(O/N=C(\N)CN)C1(CC(=O)OC(C)(C)C)CC1CCC1CCCCC1. The first kappa shape index (κ1) is 22.0. The van der Waals surface area contributed by atoms with E-state index in [1.54, 1.807) is 0 Å². The molecule has 156 valence electrons. The number of esters is 1. The summed E-state index contributed by atoms with van der Waals surface area (Å²) in [6.45, 7) is 7.85. The number of hydrogen-bond donors (Lipinski definition) is 2. The highest BCUT2D eigenvalue weighted by Crippen LogP contribution is 2.61. The average Bonchev–Trinajstić information content (AvgIpc) is 3.30. The number of rotatable bonds is 9. The molecule has 0 saturated heterocycles. The van der Waals surface area contributed by atoms with Crippen LogP contribution in [0.15, 0.2) is 5.16 Å². The van der Waals surface area contributed by atoms with Crippen LogP contribution in [-0.4, -0.2) is 30.1 Å². The van der Waals surface area contributed by atoms with Crippen molar-refractivity contribution in [1.82, 2.24) is 0 Å². The maximum atomic E-state index is 12.5. The van der Waals surface area contributed by atoms with E-state index in [0.717, 1.165) is 18.8 Å². The van der Waals surface area contributed by atoms with Gasteiger partial charge < -0.3 is 21.0 Å². The summed E-state index contributed by atoms with van der Waals surface area (Å²) in [7, 11) is 0. The van der Waals surface area contributed by atoms with Crippen molar-refractivity contribution in [3.63, 3.8) is 0 Å². The van der Waals surface area contributed by atoms with E-state index in [-0.39, 0.29) is 29.9 Å². The zero-order chi connectivity index (χ0) is 20.1. The monoisotopic (exact) mass is 381 g/mol. The zero-order valence-corrected chi connectivity index (χ0v) is 17.6. The van der Waals surface area contributed by atoms with E-state index in [0.29, 0.717) is 12.3 Å². The maximum absolute atomic E-state index is 12.5. The Bertz CT molecular complexity index is 523. The van der Waals surface area contributed by atoms with Gasteiger partial charge in [-0.25, -0.2) is 0 Å². The number of carbonyl (C=O) groups is 1. The average molecular weight is 382 g/mol. The van der Waals surface area contributed by atoms with Crippen molar-refractivity contribution in [2.45, 2.75) is 97.2 Å². The van der Waals surface area contributed by atoms with Crippen molar-refractivity contribution in [2.75, 3.05) is 6.54 Å². The molecule has 0 heterocycles. The minimum Gasteiger partial charge on any atom is -0.460 e. The number of hydrogen-bond acceptors (Lipinski definition) is 5. The molecule has 2 aliphatic carbocycles. The van der Waals surface area contributed by atoms with Crippen molar-refractivity contribution < 1.29 is 14.4 Å². The summed E-state index contributed by atoms with van der Waals surface area (Å²) in [5, 5.41) is 3.93. The molecule has 0 aliphatic heterocycles. The van der Waals surface area contributed by atoms with Crippen molar-refractivity contribution in [3.05, 3.63) is 0 Å². The molecule has 2 fully saturated rings. The highest BCUT2D eigenvalue weighted by molar-refractivity contribution is 5.81. The topological polar surface area (TPSA) is 99.9 Å². The molecular weight excluding hydrogens is 342 g/mol. The van der Waals surface area contributed by atoms with Gasteiger partial charge >= 0.3 is 5.97 Å². The van der Waals surface area contributed by atoms with Gasteiger partial charge in [0.1, 0.15) is 11.7 Å². The minimum atomic E-state index is -0.475. The molecule has 2 saturated carbocycles. The lowest BCUT2D eigenvalue weighted by Gasteiger charge is -2.26. The lowest BCUT2D eigenvalue weighted by atomic mass is 9.84. The van der Waals surface area contributed by atoms with Gasteiger partial charge in [0.2, 0.25) is 0 Å². The normalized spacial score (nSPS) is 27.9. The van der Waals surface area contributed by atoms with Crippen LogP contribution in [0.3, 0.4) is 0 Å². The molecule has 0 aromatic rings. The molecule has 27 heavy (non-hydrogen) atoms. The Morgan fingerprint density at radius 1 is 1.22 bits per heavy atom. The Kier molecular flexibility index (Phi) is 7.55. The second-order valence-corrected chi connectivity index (χ2v) is 9.51. The molecule has 0 spiro atoms. The fraction of sp³-hybridized carbons (Fsp3) is 0.905. The number of nitrogens with zero attached hydrogens (tertiary/aromatic N) is 1. The molecule has 2 aliphatic rings. The van der Waals surface area contributed by atoms with E-state index in [9.17, 15) is 4.79 Å². The van der Waals surface area contributed by atoms with Crippen LogP contribution in [0.1, 0.15) is 85.5 Å². The molecule has 0 radical (unpaired) electrons. The summed E-state index contributed by atoms with van der Waals surface area (Å²) in [4.78, 5) is 18.2. The second kappa shape index (κ2) is 9.26. The van der Waals surface area contributed by atoms with Crippen molar-refractivity contribution in [2.24, 2.45) is 33.9 Å². The molecule has 0 amide bonds. The van der Waals surface area contributed by atoms with Crippen LogP contribution < -0.4 is 11.5 Å². The van der Waals surface area contributed by atoms with E-state index in [1.807, 2.05) is 27.7 Å². The first-order valence-corrected chi connectivity index (χ1v) is 10.6. The van der Waals surface area contributed by atoms with E-state index in [2.05, 4.69) is 5.16 Å². The van der Waals surface area contributed by atoms with Crippen LogP contribution in [-0.2, 0) is 14.4 Å². The molecule has 4 N–H and O–H groups in total. The fourth-order valence-corrected chi connectivity index (χ4v) is 4.50. The molecule has 0 bridgehead atoms. The molecule has 0 aromatic heterocycles. The summed E-state index contributed by atoms with van der Waals surface area (Å²) in [5.41, 5.74) is 10.5. The second-order valence-electron chi connectivity index (χ2n) is 9.51. The van der Waals surface area contributed by atoms with Crippen LogP contribution >= 0.6 is 0 Å². The third-order valence-corrected chi connectivity index (χ3v) is 6.17. The number of amidine groups is 1. The Hall–Kier alpha value is -1.30. The van der Waals surface area contributed by atoms with E-state index >= 15 is 0 Å². The van der Waals surface area contributed by atoms with Crippen molar-refractivity contribution >= 4 is 11.8 Å². The van der Waals surface area contributed by atoms with Gasteiger partial charge in [0.05, 0.1) is 13.0 Å². The third kappa shape index (κ3) is 6.66.